The number of rotatable bonds is 8. The van der Waals surface area contributed by atoms with E-state index in [2.05, 4.69) is 0 Å². The first-order valence-corrected chi connectivity index (χ1v) is 12.2. The zero-order chi connectivity index (χ0) is 25.7. The van der Waals surface area contributed by atoms with Crippen LogP contribution in [0, 0.1) is 0 Å². The van der Waals surface area contributed by atoms with Crippen LogP contribution in [-0.2, 0) is 4.79 Å². The fraction of sp³-hybridized carbons (Fsp3) is 0.115. The summed E-state index contributed by atoms with van der Waals surface area (Å²) >= 11 is 12.8. The first-order chi connectivity index (χ1) is 17.4. The van der Waals surface area contributed by atoms with Crippen LogP contribution in [0.3, 0.4) is 0 Å². The predicted molar refractivity (Wildman–Crippen MR) is 139 cm³/mol. The number of carbonyl (C=O) groups excluding carboxylic acids is 3. The van der Waals surface area contributed by atoms with Crippen LogP contribution < -0.4 is 14.2 Å². The maximum atomic E-state index is 13.0. The molecular formula is C26H19Cl2NO6S. The quantitative estimate of drug-likeness (QED) is 0.186. The molecular weight excluding hydrogens is 525 g/mol. The van der Waals surface area contributed by atoms with Gasteiger partial charge in [-0.05, 0) is 60.3 Å². The average Bonchev–Trinajstić information content (AvgIpc) is 3.13. The van der Waals surface area contributed by atoms with Crippen molar-refractivity contribution in [3.05, 3.63) is 92.8 Å². The minimum Gasteiger partial charge on any atom is -0.493 e. The Balaban J connectivity index is 1.52. The number of carbonyl (C=O) groups is 3. The average molecular weight is 544 g/mol. The molecule has 0 saturated carbocycles. The van der Waals surface area contributed by atoms with Crippen molar-refractivity contribution >= 4 is 58.2 Å². The van der Waals surface area contributed by atoms with Crippen LogP contribution in [0.1, 0.15) is 15.9 Å². The summed E-state index contributed by atoms with van der Waals surface area (Å²) in [6.07, 6.45) is 1.49. The number of esters is 1. The predicted octanol–water partition coefficient (Wildman–Crippen LogP) is 6.34. The molecule has 1 aliphatic heterocycles. The number of thioether (sulfide) groups is 1. The van der Waals surface area contributed by atoms with Crippen LogP contribution in [0.4, 0.5) is 4.79 Å². The van der Waals surface area contributed by atoms with Gasteiger partial charge in [0.1, 0.15) is 12.4 Å². The van der Waals surface area contributed by atoms with E-state index in [-0.39, 0.29) is 29.4 Å². The fourth-order valence-corrected chi connectivity index (χ4v) is 4.47. The molecule has 0 unspecified atom stereocenters. The molecule has 10 heteroatoms. The Bertz CT molecular complexity index is 1340. The van der Waals surface area contributed by atoms with Crippen LogP contribution in [0.15, 0.2) is 71.6 Å². The van der Waals surface area contributed by atoms with E-state index in [0.29, 0.717) is 27.1 Å². The van der Waals surface area contributed by atoms with Crippen LogP contribution in [0.5, 0.6) is 17.2 Å². The first kappa shape index (κ1) is 25.6. The zero-order valence-electron chi connectivity index (χ0n) is 18.9. The number of halogens is 2. The van der Waals surface area contributed by atoms with Crippen LogP contribution in [0.2, 0.25) is 10.0 Å². The van der Waals surface area contributed by atoms with E-state index in [1.54, 1.807) is 54.6 Å². The highest BCUT2D eigenvalue weighted by Gasteiger charge is 2.35. The van der Waals surface area contributed by atoms with Crippen molar-refractivity contribution in [1.29, 1.82) is 0 Å². The molecule has 3 aromatic carbocycles. The number of hydrogen-bond donors (Lipinski definition) is 0. The molecule has 7 nitrogen and oxygen atoms in total. The van der Waals surface area contributed by atoms with Crippen molar-refractivity contribution in [3.8, 4) is 17.2 Å². The van der Waals surface area contributed by atoms with Gasteiger partial charge < -0.3 is 14.2 Å². The summed E-state index contributed by atoms with van der Waals surface area (Å²) in [7, 11) is 1.44. The standard InChI is InChI=1S/C26H19Cl2NO6S/c1-33-21-8-4-5-17(23(21)35-25(31)16-9-11-18(27)12-10-16)15-22-24(30)29(26(32)36-22)13-14-34-20-7-3-2-6-19(20)28/h2-12,15H,13-14H2,1H3/b22-15-. The van der Waals surface area contributed by atoms with Crippen molar-refractivity contribution in [2.24, 2.45) is 0 Å². The number of hydrogen-bond acceptors (Lipinski definition) is 7. The summed E-state index contributed by atoms with van der Waals surface area (Å²) in [5, 5.41) is 0.486. The molecule has 0 aliphatic carbocycles. The molecule has 0 aromatic heterocycles. The number of imide groups is 1. The van der Waals surface area contributed by atoms with Crippen molar-refractivity contribution in [2.45, 2.75) is 0 Å². The third kappa shape index (κ3) is 5.84. The van der Waals surface area contributed by atoms with Crippen molar-refractivity contribution < 1.29 is 28.6 Å². The zero-order valence-corrected chi connectivity index (χ0v) is 21.2. The van der Waals surface area contributed by atoms with Crippen LogP contribution in [0.25, 0.3) is 6.08 Å². The Morgan fingerprint density at radius 1 is 0.972 bits per heavy atom. The van der Waals surface area contributed by atoms with Crippen LogP contribution >= 0.6 is 35.0 Å². The van der Waals surface area contributed by atoms with E-state index in [9.17, 15) is 14.4 Å². The van der Waals surface area contributed by atoms with Crippen molar-refractivity contribution in [1.82, 2.24) is 4.90 Å². The van der Waals surface area contributed by atoms with Gasteiger partial charge in [-0.15, -0.1) is 0 Å². The Morgan fingerprint density at radius 3 is 2.42 bits per heavy atom. The number of nitrogens with zero attached hydrogens (tertiary/aromatic N) is 1. The molecule has 1 saturated heterocycles. The molecule has 184 valence electrons. The Labute approximate surface area is 221 Å². The molecule has 1 aliphatic rings. The Kier molecular flexibility index (Phi) is 8.20. The summed E-state index contributed by atoms with van der Waals surface area (Å²) in [6.45, 7) is 0.127. The van der Waals surface area contributed by atoms with Gasteiger partial charge in [0.05, 0.1) is 29.1 Å². The number of methoxy groups -OCH3 is 1. The minimum atomic E-state index is -0.629. The maximum absolute atomic E-state index is 13.0. The Morgan fingerprint density at radius 2 is 1.69 bits per heavy atom. The number of ether oxygens (including phenoxy) is 3. The van der Waals surface area contributed by atoms with Crippen LogP contribution in [-0.4, -0.2) is 42.3 Å². The van der Waals surface area contributed by atoms with Gasteiger partial charge in [-0.1, -0.05) is 47.5 Å². The molecule has 0 atom stereocenters. The SMILES string of the molecule is COc1cccc(/C=C2\SC(=O)N(CCOc3ccccc3Cl)C2=O)c1OC(=O)c1ccc(Cl)cc1. The normalized spacial score (nSPS) is 14.3. The lowest BCUT2D eigenvalue weighted by Crippen LogP contribution is -2.32. The van der Waals surface area contributed by atoms with Gasteiger partial charge in [0.25, 0.3) is 11.1 Å². The molecule has 1 heterocycles. The molecule has 0 radical (unpaired) electrons. The van der Waals surface area contributed by atoms with Gasteiger partial charge in [-0.2, -0.15) is 0 Å². The second-order valence-corrected chi connectivity index (χ2v) is 9.22. The largest absolute Gasteiger partial charge is 0.493 e. The van der Waals surface area contributed by atoms with Gasteiger partial charge in [-0.25, -0.2) is 4.79 Å². The fourth-order valence-electron chi connectivity index (χ4n) is 3.30. The monoisotopic (exact) mass is 543 g/mol. The van der Waals surface area contributed by atoms with Gasteiger partial charge in [-0.3, -0.25) is 14.5 Å². The highest BCUT2D eigenvalue weighted by molar-refractivity contribution is 8.18. The summed E-state index contributed by atoms with van der Waals surface area (Å²) in [4.78, 5) is 39.4. The molecule has 3 aromatic rings. The minimum absolute atomic E-state index is 0.0454. The summed E-state index contributed by atoms with van der Waals surface area (Å²) in [5.74, 6) is -0.237. The summed E-state index contributed by atoms with van der Waals surface area (Å²) in [5.41, 5.74) is 0.685. The lowest BCUT2D eigenvalue weighted by molar-refractivity contribution is -0.123. The second-order valence-electron chi connectivity index (χ2n) is 7.39. The molecule has 1 fully saturated rings. The third-order valence-corrected chi connectivity index (χ3v) is 6.54. The number of para-hydroxylation sites is 2. The maximum Gasteiger partial charge on any atom is 0.343 e. The molecule has 0 spiro atoms. The second kappa shape index (κ2) is 11.5. The smallest absolute Gasteiger partial charge is 0.343 e. The lowest BCUT2D eigenvalue weighted by atomic mass is 10.1. The third-order valence-electron chi connectivity index (χ3n) is 5.07. The summed E-state index contributed by atoms with van der Waals surface area (Å²) < 4.78 is 16.6. The first-order valence-electron chi connectivity index (χ1n) is 10.6. The van der Waals surface area contributed by atoms with E-state index in [0.717, 1.165) is 16.7 Å². The summed E-state index contributed by atoms with van der Waals surface area (Å²) in [6, 6.07) is 18.1. The van der Waals surface area contributed by atoms with E-state index < -0.39 is 17.1 Å². The van der Waals surface area contributed by atoms with Crippen molar-refractivity contribution in [3.63, 3.8) is 0 Å². The van der Waals surface area contributed by atoms with E-state index in [1.807, 2.05) is 0 Å². The molecule has 2 amide bonds. The van der Waals surface area contributed by atoms with E-state index >= 15 is 0 Å². The van der Waals surface area contributed by atoms with E-state index in [1.165, 1.54) is 25.3 Å². The molecule has 36 heavy (non-hydrogen) atoms. The van der Waals surface area contributed by atoms with Crippen molar-refractivity contribution in [2.75, 3.05) is 20.3 Å². The Hall–Kier alpha value is -3.46. The van der Waals surface area contributed by atoms with Gasteiger partial charge >= 0.3 is 5.97 Å². The number of amides is 2. The van der Waals surface area contributed by atoms with Gasteiger partial charge in [0.2, 0.25) is 0 Å². The lowest BCUT2D eigenvalue weighted by Gasteiger charge is -2.14. The number of benzene rings is 3. The highest BCUT2D eigenvalue weighted by Crippen LogP contribution is 2.38. The highest BCUT2D eigenvalue weighted by atomic mass is 35.5. The van der Waals surface area contributed by atoms with Gasteiger partial charge in [0.15, 0.2) is 11.5 Å². The van der Waals surface area contributed by atoms with Gasteiger partial charge in [0, 0.05) is 10.6 Å². The molecule has 0 N–H and O–H groups in total. The molecule has 0 bridgehead atoms. The van der Waals surface area contributed by atoms with E-state index in [4.69, 9.17) is 37.4 Å². The topological polar surface area (TPSA) is 82.1 Å². The molecule has 4 rings (SSSR count).